The number of aliphatic carboxylic acids is 1. The fourth-order valence-electron chi connectivity index (χ4n) is 5.44. The highest BCUT2D eigenvalue weighted by atomic mass is 16.6. The summed E-state index contributed by atoms with van der Waals surface area (Å²) in [5.74, 6) is -1.16. The fourth-order valence-corrected chi connectivity index (χ4v) is 5.44. The van der Waals surface area contributed by atoms with E-state index in [0.29, 0.717) is 39.1 Å². The van der Waals surface area contributed by atoms with E-state index < -0.39 is 18.2 Å². The third-order valence-electron chi connectivity index (χ3n) is 8.18. The van der Waals surface area contributed by atoms with Crippen LogP contribution in [0.2, 0.25) is 0 Å². The number of rotatable bonds is 25. The molecule has 284 valence electrons. The molecule has 0 radical (unpaired) electrons. The Kier molecular flexibility index (Phi) is 25.4. The van der Waals surface area contributed by atoms with Crippen molar-refractivity contribution in [3.63, 3.8) is 0 Å². The van der Waals surface area contributed by atoms with Gasteiger partial charge in [-0.25, -0.2) is 9.59 Å². The Bertz CT molecular complexity index is 1090. The Labute approximate surface area is 298 Å². The van der Waals surface area contributed by atoms with Gasteiger partial charge in [0.15, 0.2) is 0 Å². The topological polar surface area (TPSA) is 163 Å². The molecular weight excluding hydrogens is 644 g/mol. The van der Waals surface area contributed by atoms with Crippen LogP contribution in [0.1, 0.15) is 97.8 Å². The van der Waals surface area contributed by atoms with Crippen molar-refractivity contribution in [1.82, 2.24) is 9.80 Å². The highest BCUT2D eigenvalue weighted by Crippen LogP contribution is 2.21. The van der Waals surface area contributed by atoms with Gasteiger partial charge in [0.1, 0.15) is 13.2 Å². The van der Waals surface area contributed by atoms with E-state index in [1.54, 1.807) is 35.0 Å². The van der Waals surface area contributed by atoms with Gasteiger partial charge in [-0.15, -0.1) is 0 Å². The van der Waals surface area contributed by atoms with Gasteiger partial charge in [0, 0.05) is 25.9 Å². The van der Waals surface area contributed by atoms with Crippen LogP contribution >= 0.6 is 0 Å². The largest absolute Gasteiger partial charge is 0.480 e. The fraction of sp³-hybridized carbons (Fsp3) is 0.684. The summed E-state index contributed by atoms with van der Waals surface area (Å²) in [5, 5.41) is 28.4. The van der Waals surface area contributed by atoms with Gasteiger partial charge in [-0.05, 0) is 32.6 Å². The van der Waals surface area contributed by atoms with Gasteiger partial charge in [0.2, 0.25) is 11.8 Å². The van der Waals surface area contributed by atoms with Gasteiger partial charge < -0.3 is 39.3 Å². The maximum absolute atomic E-state index is 12.0. The molecule has 50 heavy (non-hydrogen) atoms. The van der Waals surface area contributed by atoms with E-state index in [1.807, 2.05) is 30.4 Å². The van der Waals surface area contributed by atoms with E-state index in [0.717, 1.165) is 64.2 Å². The number of hydrogen-bond donors (Lipinski definition) is 3. The normalized spacial score (nSPS) is 19.3. The van der Waals surface area contributed by atoms with Crippen molar-refractivity contribution in [2.45, 2.75) is 122 Å². The summed E-state index contributed by atoms with van der Waals surface area (Å²) in [7, 11) is 0. The Morgan fingerprint density at radius 1 is 0.740 bits per heavy atom. The van der Waals surface area contributed by atoms with Gasteiger partial charge in [0.25, 0.3) is 0 Å². The number of carboxylic acid groups (broad SMARTS) is 1. The van der Waals surface area contributed by atoms with Crippen LogP contribution in [0, 0.1) is 0 Å². The van der Waals surface area contributed by atoms with E-state index in [-0.39, 0.29) is 49.7 Å². The Hall–Kier alpha value is -3.32. The second kappa shape index (κ2) is 28.4. The highest BCUT2D eigenvalue weighted by molar-refractivity contribution is 5.79. The summed E-state index contributed by atoms with van der Waals surface area (Å²) in [6, 6.07) is 0.0522. The molecule has 2 aliphatic rings. The summed E-state index contributed by atoms with van der Waals surface area (Å²) >= 11 is 0. The van der Waals surface area contributed by atoms with Gasteiger partial charge in [-0.3, -0.25) is 9.59 Å². The minimum absolute atomic E-state index is 0.0166. The van der Waals surface area contributed by atoms with Crippen molar-refractivity contribution in [2.24, 2.45) is 0 Å². The zero-order valence-corrected chi connectivity index (χ0v) is 30.5. The standard InChI is InChI=1S/C20H33NO5.C18H29NO5/c1-3-5-6-9-18(22)12-10-17-11-13-19(23)21(17)14-7-8-15-25-16-20(24)26-4-2;1-2-3-4-7-16(20)10-8-15-9-11-17(21)19(15)12-5-6-13-24-14-18(22)23/h7-8,10,12,17-18,22H,3-6,9,11,13-16H2,1-2H3;5-6,8,10,15-16,20H,2-4,7,9,11-14H2,1H3,(H,22,23)/b8-7-,12-10+;6-5-,10-8+/t17-,18?;15-,16?/m00/s1. The minimum atomic E-state index is -0.999. The van der Waals surface area contributed by atoms with Crippen molar-refractivity contribution in [2.75, 3.05) is 46.1 Å². The van der Waals surface area contributed by atoms with E-state index in [2.05, 4.69) is 13.8 Å². The molecule has 2 fully saturated rings. The summed E-state index contributed by atoms with van der Waals surface area (Å²) in [5.41, 5.74) is 0. The molecule has 3 N–H and O–H groups in total. The molecule has 4 atom stereocenters. The predicted molar refractivity (Wildman–Crippen MR) is 192 cm³/mol. The van der Waals surface area contributed by atoms with Gasteiger partial charge in [0.05, 0.1) is 44.1 Å². The van der Waals surface area contributed by atoms with Crippen LogP contribution in [-0.4, -0.2) is 119 Å². The van der Waals surface area contributed by atoms with Crippen molar-refractivity contribution < 1.29 is 48.7 Å². The lowest BCUT2D eigenvalue weighted by Crippen LogP contribution is -2.32. The highest BCUT2D eigenvalue weighted by Gasteiger charge is 2.29. The number of carbonyl (C=O) groups is 4. The van der Waals surface area contributed by atoms with E-state index >= 15 is 0 Å². The maximum atomic E-state index is 12.0. The van der Waals surface area contributed by atoms with Gasteiger partial charge in [-0.1, -0.05) is 101 Å². The molecule has 0 spiro atoms. The van der Waals surface area contributed by atoms with Gasteiger partial charge in [-0.2, -0.15) is 0 Å². The van der Waals surface area contributed by atoms with Crippen LogP contribution in [0.15, 0.2) is 48.6 Å². The molecule has 2 rings (SSSR count). The molecule has 0 saturated carbocycles. The first-order valence-electron chi connectivity index (χ1n) is 18.3. The first-order chi connectivity index (χ1) is 24.1. The van der Waals surface area contributed by atoms with Crippen LogP contribution < -0.4 is 0 Å². The van der Waals surface area contributed by atoms with Crippen LogP contribution in [0.3, 0.4) is 0 Å². The quantitative estimate of drug-likeness (QED) is 0.0687. The number of carbonyl (C=O) groups excluding carboxylic acids is 3. The predicted octanol–water partition coefficient (Wildman–Crippen LogP) is 4.74. The zero-order valence-electron chi connectivity index (χ0n) is 30.5. The lowest BCUT2D eigenvalue weighted by atomic mass is 10.1. The maximum Gasteiger partial charge on any atom is 0.332 e. The van der Waals surface area contributed by atoms with Gasteiger partial charge >= 0.3 is 11.9 Å². The van der Waals surface area contributed by atoms with Crippen molar-refractivity contribution in [3.8, 4) is 0 Å². The Morgan fingerprint density at radius 2 is 1.20 bits per heavy atom. The number of unbranched alkanes of at least 4 members (excludes halogenated alkanes) is 4. The molecule has 0 aromatic carbocycles. The van der Waals surface area contributed by atoms with E-state index in [4.69, 9.17) is 19.3 Å². The number of ether oxygens (including phenoxy) is 3. The molecule has 2 heterocycles. The summed E-state index contributed by atoms with van der Waals surface area (Å²) in [6.07, 6.45) is 24.5. The first-order valence-corrected chi connectivity index (χ1v) is 18.3. The summed E-state index contributed by atoms with van der Waals surface area (Å²) in [6.45, 7) is 7.46. The molecule has 12 nitrogen and oxygen atoms in total. The van der Waals surface area contributed by atoms with Crippen molar-refractivity contribution >= 4 is 23.8 Å². The molecule has 0 aromatic rings. The number of likely N-dealkylation sites (tertiary alicyclic amines) is 2. The molecule has 12 heteroatoms. The summed E-state index contributed by atoms with van der Waals surface area (Å²) < 4.78 is 14.8. The number of aliphatic hydroxyl groups excluding tert-OH is 2. The smallest absolute Gasteiger partial charge is 0.332 e. The number of amides is 2. The number of esters is 1. The molecule has 2 amide bonds. The first kappa shape index (κ1) is 44.7. The number of carboxylic acids is 1. The third kappa shape index (κ3) is 21.0. The Morgan fingerprint density at radius 3 is 1.62 bits per heavy atom. The second-order valence-corrected chi connectivity index (χ2v) is 12.4. The van der Waals surface area contributed by atoms with Crippen molar-refractivity contribution in [3.05, 3.63) is 48.6 Å². The second-order valence-electron chi connectivity index (χ2n) is 12.4. The molecule has 2 saturated heterocycles. The monoisotopic (exact) mass is 706 g/mol. The molecule has 2 unspecified atom stereocenters. The SMILES string of the molecule is CCCCCC(O)/C=C/[C@H]1CCC(=O)N1C/C=C\COCC(=O)O.CCCCCC(O)/C=C/[C@H]1CCC(=O)N1C/C=C\COCC(=O)OCC. The molecule has 0 bridgehead atoms. The number of hydrogen-bond acceptors (Lipinski definition) is 9. The van der Waals surface area contributed by atoms with Crippen molar-refractivity contribution in [1.29, 1.82) is 0 Å². The molecule has 0 aromatic heterocycles. The lowest BCUT2D eigenvalue weighted by Gasteiger charge is -2.21. The minimum Gasteiger partial charge on any atom is -0.480 e. The lowest BCUT2D eigenvalue weighted by molar-refractivity contribution is -0.148. The molecule has 0 aliphatic carbocycles. The average Bonchev–Trinajstić information content (AvgIpc) is 3.62. The third-order valence-corrected chi connectivity index (χ3v) is 8.18. The number of nitrogens with zero attached hydrogens (tertiary/aromatic N) is 2. The zero-order chi connectivity index (χ0) is 37.0. The number of aliphatic hydroxyl groups is 2. The van der Waals surface area contributed by atoms with E-state index in [1.165, 1.54) is 0 Å². The summed E-state index contributed by atoms with van der Waals surface area (Å²) in [4.78, 5) is 49.0. The van der Waals surface area contributed by atoms with Crippen LogP contribution in [-0.2, 0) is 33.4 Å². The molecule has 2 aliphatic heterocycles. The molecular formula is C38H62N2O10. The van der Waals surface area contributed by atoms with E-state index in [9.17, 15) is 29.4 Å². The average molecular weight is 707 g/mol. The van der Waals surface area contributed by atoms with Crippen LogP contribution in [0.4, 0.5) is 0 Å². The Balaban J connectivity index is 0.000000502. The van der Waals surface area contributed by atoms with Crippen LogP contribution in [0.5, 0.6) is 0 Å². The van der Waals surface area contributed by atoms with Crippen LogP contribution in [0.25, 0.3) is 0 Å².